The molecule has 0 saturated heterocycles. The third kappa shape index (κ3) is 2.88. The van der Waals surface area contributed by atoms with Gasteiger partial charge >= 0.3 is 0 Å². The summed E-state index contributed by atoms with van der Waals surface area (Å²) in [6.07, 6.45) is 5.53. The quantitative estimate of drug-likeness (QED) is 0.897. The van der Waals surface area contributed by atoms with Crippen LogP contribution in [0.1, 0.15) is 53.2 Å². The number of hydrogen-bond donors (Lipinski definition) is 1. The fourth-order valence-electron chi connectivity index (χ4n) is 2.86. The molecule has 1 amide bonds. The fraction of sp³-hybridized carbons (Fsp3) is 0.600. The SMILES string of the molecule is CCc1noc(CCNC(=O)c2nn(C)c3c2CCCC3)n1. The van der Waals surface area contributed by atoms with E-state index in [4.69, 9.17) is 4.52 Å². The van der Waals surface area contributed by atoms with Crippen molar-refractivity contribution < 1.29 is 9.32 Å². The van der Waals surface area contributed by atoms with Crippen molar-refractivity contribution in [3.05, 3.63) is 28.7 Å². The minimum absolute atomic E-state index is 0.117. The van der Waals surface area contributed by atoms with Gasteiger partial charge in [-0.3, -0.25) is 9.48 Å². The van der Waals surface area contributed by atoms with E-state index in [0.717, 1.165) is 31.2 Å². The maximum atomic E-state index is 12.3. The zero-order chi connectivity index (χ0) is 15.5. The Hall–Kier alpha value is -2.18. The third-order valence-corrected chi connectivity index (χ3v) is 4.03. The van der Waals surface area contributed by atoms with Gasteiger partial charge in [0.05, 0.1) is 0 Å². The molecule has 2 aromatic rings. The molecule has 1 N–H and O–H groups in total. The summed E-state index contributed by atoms with van der Waals surface area (Å²) in [4.78, 5) is 16.6. The molecule has 7 nitrogen and oxygen atoms in total. The lowest BCUT2D eigenvalue weighted by Gasteiger charge is -2.12. The number of aromatic nitrogens is 4. The lowest BCUT2D eigenvalue weighted by molar-refractivity contribution is 0.0946. The monoisotopic (exact) mass is 303 g/mol. The van der Waals surface area contributed by atoms with Gasteiger partial charge in [-0.2, -0.15) is 10.1 Å². The van der Waals surface area contributed by atoms with Gasteiger partial charge in [0.1, 0.15) is 0 Å². The van der Waals surface area contributed by atoms with Crippen molar-refractivity contribution in [3.63, 3.8) is 0 Å². The molecule has 0 aromatic carbocycles. The van der Waals surface area contributed by atoms with Crippen molar-refractivity contribution in [1.29, 1.82) is 0 Å². The van der Waals surface area contributed by atoms with Crippen LogP contribution in [0, 0.1) is 0 Å². The largest absolute Gasteiger partial charge is 0.350 e. The maximum absolute atomic E-state index is 12.3. The van der Waals surface area contributed by atoms with Crippen LogP contribution in [0.2, 0.25) is 0 Å². The first-order chi connectivity index (χ1) is 10.7. The minimum atomic E-state index is -0.117. The first-order valence-corrected chi connectivity index (χ1v) is 7.83. The molecule has 0 radical (unpaired) electrons. The van der Waals surface area contributed by atoms with Crippen LogP contribution >= 0.6 is 0 Å². The van der Waals surface area contributed by atoms with Crippen LogP contribution in [0.3, 0.4) is 0 Å². The van der Waals surface area contributed by atoms with Crippen molar-refractivity contribution in [2.45, 2.75) is 45.4 Å². The van der Waals surface area contributed by atoms with Gasteiger partial charge in [-0.15, -0.1) is 0 Å². The minimum Gasteiger partial charge on any atom is -0.350 e. The van der Waals surface area contributed by atoms with Crippen molar-refractivity contribution in [2.75, 3.05) is 6.54 Å². The lowest BCUT2D eigenvalue weighted by atomic mass is 9.95. The number of rotatable bonds is 5. The first-order valence-electron chi connectivity index (χ1n) is 7.83. The predicted octanol–water partition coefficient (Wildman–Crippen LogP) is 1.22. The molecule has 1 aliphatic rings. The normalized spacial score (nSPS) is 13.9. The van der Waals surface area contributed by atoms with Crippen LogP contribution in [-0.2, 0) is 32.7 Å². The zero-order valence-corrected chi connectivity index (χ0v) is 13.1. The fourth-order valence-corrected chi connectivity index (χ4v) is 2.86. The highest BCUT2D eigenvalue weighted by Gasteiger charge is 2.23. The van der Waals surface area contributed by atoms with Gasteiger partial charge in [0, 0.05) is 37.7 Å². The van der Waals surface area contributed by atoms with Crippen LogP contribution in [0.15, 0.2) is 4.52 Å². The van der Waals surface area contributed by atoms with Crippen LogP contribution in [0.25, 0.3) is 0 Å². The van der Waals surface area contributed by atoms with Gasteiger partial charge in [0.15, 0.2) is 11.5 Å². The van der Waals surface area contributed by atoms with Crippen molar-refractivity contribution in [3.8, 4) is 0 Å². The highest BCUT2D eigenvalue weighted by molar-refractivity contribution is 5.94. The topological polar surface area (TPSA) is 85.8 Å². The highest BCUT2D eigenvalue weighted by atomic mass is 16.5. The Morgan fingerprint density at radius 1 is 1.36 bits per heavy atom. The molecule has 3 rings (SSSR count). The number of carbonyl (C=O) groups excluding carboxylic acids is 1. The summed E-state index contributed by atoms with van der Waals surface area (Å²) in [5, 5.41) is 11.1. The van der Waals surface area contributed by atoms with E-state index in [1.807, 2.05) is 18.7 Å². The van der Waals surface area contributed by atoms with Gasteiger partial charge in [-0.1, -0.05) is 12.1 Å². The molecule has 2 aromatic heterocycles. The molecule has 2 heterocycles. The molecule has 118 valence electrons. The Morgan fingerprint density at radius 3 is 2.95 bits per heavy atom. The van der Waals surface area contributed by atoms with Gasteiger partial charge in [0.25, 0.3) is 5.91 Å². The number of nitrogens with one attached hydrogen (secondary N) is 1. The van der Waals surface area contributed by atoms with Crippen molar-refractivity contribution in [2.24, 2.45) is 7.05 Å². The summed E-state index contributed by atoms with van der Waals surface area (Å²) in [5.41, 5.74) is 2.87. The first kappa shape index (κ1) is 14.7. The molecule has 1 aliphatic carbocycles. The van der Waals surface area contributed by atoms with Gasteiger partial charge in [-0.25, -0.2) is 0 Å². The van der Waals surface area contributed by atoms with Gasteiger partial charge < -0.3 is 9.84 Å². The maximum Gasteiger partial charge on any atom is 0.272 e. The number of amides is 1. The zero-order valence-electron chi connectivity index (χ0n) is 13.1. The van der Waals surface area contributed by atoms with Crippen LogP contribution < -0.4 is 5.32 Å². The molecule has 7 heteroatoms. The number of fused-ring (bicyclic) bond motifs is 1. The van der Waals surface area contributed by atoms with E-state index in [1.54, 1.807) is 0 Å². The molecule has 0 saturated carbocycles. The third-order valence-electron chi connectivity index (χ3n) is 4.03. The molecule has 0 bridgehead atoms. The van der Waals surface area contributed by atoms with Crippen LogP contribution in [0.5, 0.6) is 0 Å². The number of aryl methyl sites for hydroxylation is 2. The molecule has 0 aliphatic heterocycles. The summed E-state index contributed by atoms with van der Waals surface area (Å²) < 4.78 is 6.95. The Bertz CT molecular complexity index is 674. The van der Waals surface area contributed by atoms with E-state index in [9.17, 15) is 4.79 Å². The van der Waals surface area contributed by atoms with E-state index in [-0.39, 0.29) is 5.91 Å². The van der Waals surface area contributed by atoms with E-state index in [2.05, 4.69) is 20.6 Å². The molecule has 0 fully saturated rings. The lowest BCUT2D eigenvalue weighted by Crippen LogP contribution is -2.27. The molecule has 0 spiro atoms. The second-order valence-electron chi connectivity index (χ2n) is 5.57. The summed E-state index contributed by atoms with van der Waals surface area (Å²) in [6, 6.07) is 0. The summed E-state index contributed by atoms with van der Waals surface area (Å²) >= 11 is 0. The van der Waals surface area contributed by atoms with E-state index in [1.165, 1.54) is 12.1 Å². The average molecular weight is 303 g/mol. The Labute approximate surface area is 129 Å². The number of carbonyl (C=O) groups is 1. The molecule has 22 heavy (non-hydrogen) atoms. The molecular formula is C15H21N5O2. The Morgan fingerprint density at radius 2 is 2.18 bits per heavy atom. The number of hydrogen-bond acceptors (Lipinski definition) is 5. The Balaban J connectivity index is 1.60. The van der Waals surface area contributed by atoms with E-state index >= 15 is 0 Å². The summed E-state index contributed by atoms with van der Waals surface area (Å²) in [6.45, 7) is 2.44. The molecular weight excluding hydrogens is 282 g/mol. The second-order valence-corrected chi connectivity index (χ2v) is 5.57. The van der Waals surface area contributed by atoms with Crippen molar-refractivity contribution >= 4 is 5.91 Å². The standard InChI is InChI=1S/C15H21N5O2/c1-3-12-17-13(22-19-12)8-9-16-15(21)14-10-6-4-5-7-11(10)20(2)18-14/h3-9H2,1-2H3,(H,16,21). The smallest absolute Gasteiger partial charge is 0.272 e. The molecule has 0 unspecified atom stereocenters. The van der Waals surface area contributed by atoms with E-state index < -0.39 is 0 Å². The van der Waals surface area contributed by atoms with Gasteiger partial charge in [0.2, 0.25) is 5.89 Å². The summed E-state index contributed by atoms with van der Waals surface area (Å²) in [5.74, 6) is 1.13. The second kappa shape index (κ2) is 6.29. The average Bonchev–Trinajstić information content (AvgIpc) is 3.12. The van der Waals surface area contributed by atoms with Gasteiger partial charge in [-0.05, 0) is 25.7 Å². The predicted molar refractivity (Wildman–Crippen MR) is 79.6 cm³/mol. The molecule has 0 atom stereocenters. The van der Waals surface area contributed by atoms with Crippen LogP contribution in [0.4, 0.5) is 0 Å². The van der Waals surface area contributed by atoms with E-state index in [0.29, 0.717) is 30.4 Å². The van der Waals surface area contributed by atoms with Crippen LogP contribution in [-0.4, -0.2) is 32.4 Å². The Kier molecular flexibility index (Phi) is 4.22. The highest BCUT2D eigenvalue weighted by Crippen LogP contribution is 2.23. The number of nitrogens with zero attached hydrogens (tertiary/aromatic N) is 4. The van der Waals surface area contributed by atoms with Crippen molar-refractivity contribution in [1.82, 2.24) is 25.2 Å². The summed E-state index contributed by atoms with van der Waals surface area (Å²) in [7, 11) is 1.91.